The lowest BCUT2D eigenvalue weighted by atomic mass is 10.1. The minimum absolute atomic E-state index is 0.0730. The van der Waals surface area contributed by atoms with E-state index in [0.717, 1.165) is 12.1 Å². The molecule has 2 N–H and O–H groups in total. The van der Waals surface area contributed by atoms with Crippen LogP contribution >= 0.6 is 0 Å². The van der Waals surface area contributed by atoms with Gasteiger partial charge >= 0.3 is 5.97 Å². The van der Waals surface area contributed by atoms with E-state index in [2.05, 4.69) is 5.32 Å². The third-order valence-corrected chi connectivity index (χ3v) is 3.30. The average Bonchev–Trinajstić information content (AvgIpc) is 2.86. The first-order valence-corrected chi connectivity index (χ1v) is 6.89. The van der Waals surface area contributed by atoms with Gasteiger partial charge in [0.1, 0.15) is 29.2 Å². The molecule has 2 aromatic rings. The van der Waals surface area contributed by atoms with Gasteiger partial charge in [0.15, 0.2) is 0 Å². The number of hydrogen-bond donors (Lipinski definition) is 2. The molecule has 0 aliphatic heterocycles. The molecule has 22 heavy (non-hydrogen) atoms. The molecule has 0 amide bonds. The number of halogens is 2. The normalized spacial score (nSPS) is 12.6. The van der Waals surface area contributed by atoms with Crippen molar-refractivity contribution in [2.75, 3.05) is 0 Å². The fraction of sp³-hybridized carbons (Fsp3) is 0.312. The summed E-state index contributed by atoms with van der Waals surface area (Å²) in [4.78, 5) is 11.1. The Balaban J connectivity index is 2.14. The van der Waals surface area contributed by atoms with Crippen molar-refractivity contribution in [2.24, 2.45) is 5.92 Å². The molecule has 0 aliphatic carbocycles. The highest BCUT2D eigenvalue weighted by molar-refractivity contribution is 5.73. The van der Waals surface area contributed by atoms with E-state index in [-0.39, 0.29) is 23.8 Å². The van der Waals surface area contributed by atoms with Gasteiger partial charge < -0.3 is 9.52 Å². The molecule has 0 spiro atoms. The Kier molecular flexibility index (Phi) is 4.92. The molecule has 1 atom stereocenters. The van der Waals surface area contributed by atoms with E-state index in [9.17, 15) is 13.6 Å². The Morgan fingerprint density at radius 3 is 2.41 bits per heavy atom. The Labute approximate surface area is 126 Å². The Morgan fingerprint density at radius 1 is 1.23 bits per heavy atom. The van der Waals surface area contributed by atoms with Gasteiger partial charge in [-0.15, -0.1) is 0 Å². The predicted octanol–water partition coefficient (Wildman–Crippen LogP) is 3.42. The zero-order valence-electron chi connectivity index (χ0n) is 12.3. The molecule has 0 saturated carbocycles. The molecule has 0 radical (unpaired) electrons. The summed E-state index contributed by atoms with van der Waals surface area (Å²) < 4.78 is 32.8. The lowest BCUT2D eigenvalue weighted by Gasteiger charge is -2.16. The Bertz CT molecular complexity index is 647. The zero-order valence-corrected chi connectivity index (χ0v) is 12.3. The second kappa shape index (κ2) is 6.70. The number of rotatable bonds is 6. The Morgan fingerprint density at radius 2 is 1.86 bits per heavy atom. The first kappa shape index (κ1) is 16.2. The van der Waals surface area contributed by atoms with Crippen LogP contribution in [0.4, 0.5) is 8.78 Å². The van der Waals surface area contributed by atoms with Crippen molar-refractivity contribution in [3.8, 4) is 11.3 Å². The fourth-order valence-electron chi connectivity index (χ4n) is 2.16. The molecule has 0 bridgehead atoms. The van der Waals surface area contributed by atoms with Gasteiger partial charge in [0, 0.05) is 0 Å². The molecule has 0 unspecified atom stereocenters. The molecule has 1 aromatic heterocycles. The van der Waals surface area contributed by atoms with E-state index in [0.29, 0.717) is 5.76 Å². The highest BCUT2D eigenvalue weighted by atomic mass is 19.1. The van der Waals surface area contributed by atoms with Gasteiger partial charge in [-0.25, -0.2) is 8.78 Å². The smallest absolute Gasteiger partial charge is 0.320 e. The van der Waals surface area contributed by atoms with Gasteiger partial charge in [0.2, 0.25) is 0 Å². The summed E-state index contributed by atoms with van der Waals surface area (Å²) in [7, 11) is 0. The molecule has 1 heterocycles. The highest BCUT2D eigenvalue weighted by Crippen LogP contribution is 2.27. The molecule has 6 heteroatoms. The highest BCUT2D eigenvalue weighted by Gasteiger charge is 2.21. The topological polar surface area (TPSA) is 62.5 Å². The predicted molar refractivity (Wildman–Crippen MR) is 77.2 cm³/mol. The van der Waals surface area contributed by atoms with Crippen LogP contribution in [0.5, 0.6) is 0 Å². The number of carboxylic acid groups (broad SMARTS) is 1. The minimum Gasteiger partial charge on any atom is -0.480 e. The first-order valence-electron chi connectivity index (χ1n) is 6.89. The summed E-state index contributed by atoms with van der Waals surface area (Å²) in [6.45, 7) is 3.73. The third kappa shape index (κ3) is 3.51. The lowest BCUT2D eigenvalue weighted by molar-refractivity contribution is -0.140. The fourth-order valence-corrected chi connectivity index (χ4v) is 2.16. The Hall–Kier alpha value is -2.21. The molecule has 4 nitrogen and oxygen atoms in total. The maximum atomic E-state index is 13.7. The number of carboxylic acids is 1. The van der Waals surface area contributed by atoms with Gasteiger partial charge in [0.25, 0.3) is 0 Å². The molecular weight excluding hydrogens is 292 g/mol. The summed E-state index contributed by atoms with van der Waals surface area (Å²) >= 11 is 0. The van der Waals surface area contributed by atoms with E-state index in [1.54, 1.807) is 19.9 Å². The van der Waals surface area contributed by atoms with Crippen LogP contribution in [0.1, 0.15) is 19.6 Å². The maximum Gasteiger partial charge on any atom is 0.320 e. The SMILES string of the molecule is CC(C)[C@H](NCc1ccc(-c2c(F)cccc2F)o1)C(=O)O. The van der Waals surface area contributed by atoms with Crippen molar-refractivity contribution < 1.29 is 23.1 Å². The number of hydrogen-bond acceptors (Lipinski definition) is 3. The third-order valence-electron chi connectivity index (χ3n) is 3.30. The van der Waals surface area contributed by atoms with Gasteiger partial charge in [-0.3, -0.25) is 10.1 Å². The van der Waals surface area contributed by atoms with E-state index in [1.165, 1.54) is 12.1 Å². The second-order valence-corrected chi connectivity index (χ2v) is 5.30. The van der Waals surface area contributed by atoms with Gasteiger partial charge in [0.05, 0.1) is 12.1 Å². The summed E-state index contributed by atoms with van der Waals surface area (Å²) in [5, 5.41) is 11.9. The zero-order chi connectivity index (χ0) is 16.3. The average molecular weight is 309 g/mol. The van der Waals surface area contributed by atoms with Crippen LogP contribution < -0.4 is 5.32 Å². The van der Waals surface area contributed by atoms with E-state index in [4.69, 9.17) is 9.52 Å². The molecule has 0 fully saturated rings. The lowest BCUT2D eigenvalue weighted by Crippen LogP contribution is -2.40. The van der Waals surface area contributed by atoms with Crippen LogP contribution in [0.2, 0.25) is 0 Å². The standard InChI is InChI=1S/C16H17F2NO3/c1-9(2)15(16(20)21)19-8-10-6-7-13(22-10)14-11(17)4-3-5-12(14)18/h3-7,9,15,19H,8H2,1-2H3,(H,20,21)/t15-/m0/s1. The summed E-state index contributed by atoms with van der Waals surface area (Å²) in [5.74, 6) is -2.00. The molecule has 1 aromatic carbocycles. The maximum absolute atomic E-state index is 13.7. The van der Waals surface area contributed by atoms with E-state index < -0.39 is 23.6 Å². The first-order chi connectivity index (χ1) is 10.4. The van der Waals surface area contributed by atoms with Crippen molar-refractivity contribution in [3.63, 3.8) is 0 Å². The second-order valence-electron chi connectivity index (χ2n) is 5.30. The molecular formula is C16H17F2NO3. The van der Waals surface area contributed by atoms with Crippen molar-refractivity contribution in [1.29, 1.82) is 0 Å². The summed E-state index contributed by atoms with van der Waals surface area (Å²) in [6.07, 6.45) is 0. The van der Waals surface area contributed by atoms with E-state index >= 15 is 0 Å². The van der Waals surface area contributed by atoms with Crippen LogP contribution in [0.15, 0.2) is 34.7 Å². The monoisotopic (exact) mass is 309 g/mol. The van der Waals surface area contributed by atoms with E-state index in [1.807, 2.05) is 0 Å². The largest absolute Gasteiger partial charge is 0.480 e. The number of nitrogens with one attached hydrogen (secondary N) is 1. The van der Waals surface area contributed by atoms with Crippen molar-refractivity contribution in [3.05, 3.63) is 47.7 Å². The minimum atomic E-state index is -0.957. The summed E-state index contributed by atoms with van der Waals surface area (Å²) in [6, 6.07) is 5.88. The number of benzene rings is 1. The quantitative estimate of drug-likeness (QED) is 0.858. The van der Waals surface area contributed by atoms with Crippen LogP contribution in [-0.2, 0) is 11.3 Å². The van der Waals surface area contributed by atoms with Crippen molar-refractivity contribution >= 4 is 5.97 Å². The van der Waals surface area contributed by atoms with Crippen LogP contribution in [0.3, 0.4) is 0 Å². The molecule has 118 valence electrons. The molecule has 0 saturated heterocycles. The van der Waals surface area contributed by atoms with Gasteiger partial charge in [-0.1, -0.05) is 19.9 Å². The molecule has 0 aliphatic rings. The number of carbonyl (C=O) groups is 1. The van der Waals surface area contributed by atoms with Crippen molar-refractivity contribution in [1.82, 2.24) is 5.32 Å². The van der Waals surface area contributed by atoms with Crippen molar-refractivity contribution in [2.45, 2.75) is 26.4 Å². The van der Waals surface area contributed by atoms with Crippen LogP contribution in [-0.4, -0.2) is 17.1 Å². The van der Waals surface area contributed by atoms with Gasteiger partial charge in [-0.2, -0.15) is 0 Å². The number of aliphatic carboxylic acids is 1. The van der Waals surface area contributed by atoms with Crippen LogP contribution in [0.25, 0.3) is 11.3 Å². The van der Waals surface area contributed by atoms with Crippen LogP contribution in [0, 0.1) is 17.6 Å². The molecule has 2 rings (SSSR count). The van der Waals surface area contributed by atoms with Gasteiger partial charge in [-0.05, 0) is 30.2 Å². The summed E-state index contributed by atoms with van der Waals surface area (Å²) in [5.41, 5.74) is -0.229. The number of furan rings is 1.